The number of carbonyl (C=O) groups is 1. The predicted octanol–water partition coefficient (Wildman–Crippen LogP) is 1.50. The van der Waals surface area contributed by atoms with E-state index in [4.69, 9.17) is 5.73 Å². The summed E-state index contributed by atoms with van der Waals surface area (Å²) in [5.74, 6) is 0.611. The summed E-state index contributed by atoms with van der Waals surface area (Å²) >= 11 is 0. The molecule has 1 rings (SSSR count). The van der Waals surface area contributed by atoms with E-state index in [0.29, 0.717) is 6.42 Å². The molecular formula is C12H20N4O. The van der Waals surface area contributed by atoms with Crippen molar-refractivity contribution in [2.45, 2.75) is 39.0 Å². The van der Waals surface area contributed by atoms with Gasteiger partial charge >= 0.3 is 0 Å². The number of rotatable bonds is 8. The molecule has 1 amide bonds. The molecule has 1 heterocycles. The van der Waals surface area contributed by atoms with Crippen LogP contribution in [0.3, 0.4) is 0 Å². The zero-order valence-electron chi connectivity index (χ0n) is 10.3. The van der Waals surface area contributed by atoms with E-state index in [1.54, 1.807) is 6.33 Å². The lowest BCUT2D eigenvalue weighted by Crippen LogP contribution is -2.11. The Hall–Kier alpha value is -1.65. The van der Waals surface area contributed by atoms with Crippen LogP contribution in [-0.2, 0) is 11.2 Å². The van der Waals surface area contributed by atoms with Gasteiger partial charge < -0.3 is 11.1 Å². The molecule has 1 aromatic heterocycles. The van der Waals surface area contributed by atoms with E-state index in [1.807, 2.05) is 6.07 Å². The van der Waals surface area contributed by atoms with Crippen molar-refractivity contribution in [3.8, 4) is 0 Å². The van der Waals surface area contributed by atoms with Crippen molar-refractivity contribution < 1.29 is 4.79 Å². The van der Waals surface area contributed by atoms with Crippen LogP contribution in [0.1, 0.15) is 38.3 Å². The SMILES string of the molecule is CCCc1cc(NCCCCC(N)=O)ncn1. The number of anilines is 1. The number of nitrogens with two attached hydrogens (primary N) is 1. The molecule has 0 aliphatic carbocycles. The zero-order valence-corrected chi connectivity index (χ0v) is 10.3. The second kappa shape index (κ2) is 7.60. The third-order valence-corrected chi connectivity index (χ3v) is 2.39. The minimum Gasteiger partial charge on any atom is -0.370 e. The van der Waals surface area contributed by atoms with E-state index in [-0.39, 0.29) is 5.91 Å². The van der Waals surface area contributed by atoms with Crippen molar-refractivity contribution in [1.82, 2.24) is 9.97 Å². The minimum absolute atomic E-state index is 0.239. The summed E-state index contributed by atoms with van der Waals surface area (Å²) in [7, 11) is 0. The molecule has 0 fully saturated rings. The molecule has 0 bridgehead atoms. The molecule has 3 N–H and O–H groups in total. The van der Waals surface area contributed by atoms with Gasteiger partial charge in [-0.3, -0.25) is 4.79 Å². The molecule has 5 nitrogen and oxygen atoms in total. The van der Waals surface area contributed by atoms with Crippen molar-refractivity contribution in [2.75, 3.05) is 11.9 Å². The van der Waals surface area contributed by atoms with Gasteiger partial charge in [0.2, 0.25) is 5.91 Å². The van der Waals surface area contributed by atoms with Gasteiger partial charge in [0.05, 0.1) is 0 Å². The van der Waals surface area contributed by atoms with Crippen LogP contribution < -0.4 is 11.1 Å². The summed E-state index contributed by atoms with van der Waals surface area (Å²) < 4.78 is 0. The Morgan fingerprint density at radius 3 is 2.94 bits per heavy atom. The number of nitrogens with one attached hydrogen (secondary N) is 1. The van der Waals surface area contributed by atoms with Gasteiger partial charge in [-0.15, -0.1) is 0 Å². The highest BCUT2D eigenvalue weighted by Crippen LogP contribution is 2.06. The second-order valence-corrected chi connectivity index (χ2v) is 3.99. The number of amides is 1. The number of aromatic nitrogens is 2. The zero-order chi connectivity index (χ0) is 12.5. The molecule has 0 aliphatic heterocycles. The van der Waals surface area contributed by atoms with Crippen LogP contribution >= 0.6 is 0 Å². The van der Waals surface area contributed by atoms with Crippen LogP contribution in [0, 0.1) is 0 Å². The maximum atomic E-state index is 10.5. The maximum absolute atomic E-state index is 10.5. The monoisotopic (exact) mass is 236 g/mol. The molecule has 5 heteroatoms. The third kappa shape index (κ3) is 5.85. The van der Waals surface area contributed by atoms with Crippen LogP contribution in [0.15, 0.2) is 12.4 Å². The van der Waals surface area contributed by atoms with Crippen molar-refractivity contribution in [1.29, 1.82) is 0 Å². The Morgan fingerprint density at radius 2 is 2.24 bits per heavy atom. The highest BCUT2D eigenvalue weighted by Gasteiger charge is 1.98. The number of carbonyl (C=O) groups excluding carboxylic acids is 1. The Kier molecular flexibility index (Phi) is 5.99. The molecule has 17 heavy (non-hydrogen) atoms. The van der Waals surface area contributed by atoms with Crippen molar-refractivity contribution in [3.05, 3.63) is 18.1 Å². The van der Waals surface area contributed by atoms with Gasteiger partial charge in [-0.25, -0.2) is 9.97 Å². The Balaban J connectivity index is 2.26. The lowest BCUT2D eigenvalue weighted by atomic mass is 10.2. The summed E-state index contributed by atoms with van der Waals surface area (Å²) in [4.78, 5) is 18.9. The smallest absolute Gasteiger partial charge is 0.217 e. The molecular weight excluding hydrogens is 216 g/mol. The third-order valence-electron chi connectivity index (χ3n) is 2.39. The maximum Gasteiger partial charge on any atom is 0.217 e. The van der Waals surface area contributed by atoms with Crippen LogP contribution in [0.25, 0.3) is 0 Å². The largest absolute Gasteiger partial charge is 0.370 e. The molecule has 1 aromatic rings. The van der Waals surface area contributed by atoms with Gasteiger partial charge in [-0.2, -0.15) is 0 Å². The van der Waals surface area contributed by atoms with E-state index < -0.39 is 0 Å². The first-order chi connectivity index (χ1) is 8.22. The molecule has 94 valence electrons. The highest BCUT2D eigenvalue weighted by atomic mass is 16.1. The molecule has 0 atom stereocenters. The number of hydrogen-bond acceptors (Lipinski definition) is 4. The van der Waals surface area contributed by atoms with E-state index in [0.717, 1.165) is 43.7 Å². The summed E-state index contributed by atoms with van der Waals surface area (Å²) in [6.07, 6.45) is 5.81. The molecule has 0 saturated heterocycles. The first-order valence-corrected chi connectivity index (χ1v) is 6.05. The standard InChI is InChI=1S/C12H20N4O/c1-2-5-10-8-12(16-9-15-10)14-7-4-3-6-11(13)17/h8-9H,2-7H2,1H3,(H2,13,17)(H,14,15,16). The van der Waals surface area contributed by atoms with Crippen LogP contribution in [-0.4, -0.2) is 22.4 Å². The van der Waals surface area contributed by atoms with E-state index in [1.165, 1.54) is 0 Å². The molecule has 0 aliphatic rings. The second-order valence-electron chi connectivity index (χ2n) is 3.99. The lowest BCUT2D eigenvalue weighted by molar-refractivity contribution is -0.118. The molecule has 0 unspecified atom stereocenters. The predicted molar refractivity (Wildman–Crippen MR) is 67.6 cm³/mol. The number of primary amides is 1. The van der Waals surface area contributed by atoms with Crippen LogP contribution in [0.2, 0.25) is 0 Å². The van der Waals surface area contributed by atoms with Crippen molar-refractivity contribution in [3.63, 3.8) is 0 Å². The average Bonchev–Trinajstić information content (AvgIpc) is 2.29. The average molecular weight is 236 g/mol. The van der Waals surface area contributed by atoms with Crippen molar-refractivity contribution >= 4 is 11.7 Å². The molecule has 0 saturated carbocycles. The van der Waals surface area contributed by atoms with Crippen LogP contribution in [0.5, 0.6) is 0 Å². The fourth-order valence-electron chi connectivity index (χ4n) is 1.53. The van der Waals surface area contributed by atoms with E-state index in [2.05, 4.69) is 22.2 Å². The van der Waals surface area contributed by atoms with Gasteiger partial charge in [0.25, 0.3) is 0 Å². The van der Waals surface area contributed by atoms with Gasteiger partial charge in [0.15, 0.2) is 0 Å². The number of nitrogens with zero attached hydrogens (tertiary/aromatic N) is 2. The van der Waals surface area contributed by atoms with Gasteiger partial charge in [0.1, 0.15) is 12.1 Å². The normalized spacial score (nSPS) is 10.2. The van der Waals surface area contributed by atoms with Crippen molar-refractivity contribution in [2.24, 2.45) is 5.73 Å². The first kappa shape index (κ1) is 13.4. The quantitative estimate of drug-likeness (QED) is 0.670. The Morgan fingerprint density at radius 1 is 1.41 bits per heavy atom. The Labute approximate surface area is 102 Å². The first-order valence-electron chi connectivity index (χ1n) is 6.05. The lowest BCUT2D eigenvalue weighted by Gasteiger charge is -2.06. The summed E-state index contributed by atoms with van der Waals surface area (Å²) in [5.41, 5.74) is 6.12. The van der Waals surface area contributed by atoms with E-state index in [9.17, 15) is 4.79 Å². The summed E-state index contributed by atoms with van der Waals surface area (Å²) in [6.45, 7) is 2.93. The fraction of sp³-hybridized carbons (Fsp3) is 0.583. The van der Waals surface area contributed by atoms with Gasteiger partial charge in [-0.05, 0) is 19.3 Å². The molecule has 0 radical (unpaired) electrons. The van der Waals surface area contributed by atoms with Gasteiger partial charge in [0, 0.05) is 24.7 Å². The molecule has 0 spiro atoms. The number of unbranched alkanes of at least 4 members (excludes halogenated alkanes) is 1. The Bertz CT molecular complexity index is 354. The minimum atomic E-state index is -0.239. The molecule has 0 aromatic carbocycles. The number of hydrogen-bond donors (Lipinski definition) is 2. The number of aryl methyl sites for hydroxylation is 1. The fourth-order valence-corrected chi connectivity index (χ4v) is 1.53. The topological polar surface area (TPSA) is 80.9 Å². The summed E-state index contributed by atoms with van der Waals surface area (Å²) in [5, 5.41) is 3.21. The van der Waals surface area contributed by atoms with E-state index >= 15 is 0 Å². The van der Waals surface area contributed by atoms with Gasteiger partial charge in [-0.1, -0.05) is 13.3 Å². The van der Waals surface area contributed by atoms with Crippen LogP contribution in [0.4, 0.5) is 5.82 Å². The summed E-state index contributed by atoms with van der Waals surface area (Å²) in [6, 6.07) is 1.97. The highest BCUT2D eigenvalue weighted by molar-refractivity contribution is 5.73.